The van der Waals surface area contributed by atoms with E-state index in [9.17, 15) is 9.59 Å². The number of carboxylic acid groups (broad SMARTS) is 1. The highest BCUT2D eigenvalue weighted by molar-refractivity contribution is 7.13. The number of aromatic carboxylic acids is 1. The van der Waals surface area contributed by atoms with Gasteiger partial charge < -0.3 is 15.3 Å². The van der Waals surface area contributed by atoms with E-state index in [2.05, 4.69) is 24.1 Å². The summed E-state index contributed by atoms with van der Waals surface area (Å²) in [7, 11) is 0. The molecule has 0 unspecified atom stereocenters. The minimum absolute atomic E-state index is 0.0398. The number of carbonyl (C=O) groups is 2. The fourth-order valence-corrected chi connectivity index (χ4v) is 4.34. The molecule has 0 aromatic carbocycles. The second-order valence-electron chi connectivity index (χ2n) is 7.29. The monoisotopic (exact) mass is 351 g/mol. The lowest BCUT2D eigenvalue weighted by atomic mass is 10.0. The predicted octanol–water partition coefficient (Wildman–Crippen LogP) is 1.62. The zero-order chi connectivity index (χ0) is 17.3. The Balaban J connectivity index is 1.48. The molecule has 2 aliphatic rings. The van der Waals surface area contributed by atoms with Gasteiger partial charge in [-0.25, -0.2) is 4.79 Å². The summed E-state index contributed by atoms with van der Waals surface area (Å²) in [4.78, 5) is 29.3. The van der Waals surface area contributed by atoms with Crippen LogP contribution in [0.5, 0.6) is 0 Å². The zero-order valence-electron chi connectivity index (χ0n) is 14.2. The molecule has 0 saturated carbocycles. The summed E-state index contributed by atoms with van der Waals surface area (Å²) in [5.41, 5.74) is 0.0587. The maximum atomic E-state index is 12.6. The number of hydrogen-bond acceptors (Lipinski definition) is 5. The standard InChI is InChI=1S/C17H25N3O3S/c1-17(2)6-5-13(18-17)15(21)20-9-7-19(8-10-20)11-12-3-4-14(24-12)16(22)23/h3-4,13,18H,5-11H2,1-2H3,(H,22,23)/t13-/m0/s1. The third-order valence-corrected chi connectivity index (χ3v) is 5.91. The van der Waals surface area contributed by atoms with Crippen LogP contribution in [0.15, 0.2) is 12.1 Å². The van der Waals surface area contributed by atoms with Crippen LogP contribution in [0.4, 0.5) is 0 Å². The van der Waals surface area contributed by atoms with Crippen LogP contribution in [0.1, 0.15) is 41.2 Å². The summed E-state index contributed by atoms with van der Waals surface area (Å²) in [5, 5.41) is 12.4. The van der Waals surface area contributed by atoms with Crippen molar-refractivity contribution in [3.8, 4) is 0 Å². The topological polar surface area (TPSA) is 72.9 Å². The summed E-state index contributed by atoms with van der Waals surface area (Å²) < 4.78 is 0. The van der Waals surface area contributed by atoms with E-state index in [1.165, 1.54) is 11.3 Å². The fourth-order valence-electron chi connectivity index (χ4n) is 3.45. The SMILES string of the molecule is CC1(C)CC[C@@H](C(=O)N2CCN(Cc3ccc(C(=O)O)s3)CC2)N1. The number of carbonyl (C=O) groups excluding carboxylic acids is 1. The van der Waals surface area contributed by atoms with E-state index in [1.807, 2.05) is 11.0 Å². The Bertz CT molecular complexity index is 620. The van der Waals surface area contributed by atoms with Crippen LogP contribution in [0.2, 0.25) is 0 Å². The number of carboxylic acids is 1. The van der Waals surface area contributed by atoms with Gasteiger partial charge in [0.2, 0.25) is 5.91 Å². The van der Waals surface area contributed by atoms with Gasteiger partial charge in [0.1, 0.15) is 4.88 Å². The van der Waals surface area contributed by atoms with Crippen LogP contribution >= 0.6 is 11.3 Å². The Hall–Kier alpha value is -1.44. The Labute approximate surface area is 146 Å². The van der Waals surface area contributed by atoms with Gasteiger partial charge in [-0.1, -0.05) is 0 Å². The Morgan fingerprint density at radius 3 is 2.54 bits per heavy atom. The molecule has 0 radical (unpaired) electrons. The molecule has 2 N–H and O–H groups in total. The van der Waals surface area contributed by atoms with E-state index in [-0.39, 0.29) is 17.5 Å². The molecule has 132 valence electrons. The maximum Gasteiger partial charge on any atom is 0.345 e. The molecule has 1 aromatic heterocycles. The van der Waals surface area contributed by atoms with Crippen LogP contribution in [0.25, 0.3) is 0 Å². The van der Waals surface area contributed by atoms with Gasteiger partial charge >= 0.3 is 5.97 Å². The molecule has 2 fully saturated rings. The lowest BCUT2D eigenvalue weighted by Gasteiger charge is -2.36. The van der Waals surface area contributed by atoms with E-state index in [0.717, 1.165) is 50.4 Å². The van der Waals surface area contributed by atoms with Gasteiger partial charge in [-0.05, 0) is 38.8 Å². The molecule has 24 heavy (non-hydrogen) atoms. The second-order valence-corrected chi connectivity index (χ2v) is 8.46. The largest absolute Gasteiger partial charge is 0.477 e. The molecule has 7 heteroatoms. The van der Waals surface area contributed by atoms with Crippen molar-refractivity contribution in [1.29, 1.82) is 0 Å². The van der Waals surface area contributed by atoms with E-state index >= 15 is 0 Å². The highest BCUT2D eigenvalue weighted by Crippen LogP contribution is 2.24. The first-order valence-electron chi connectivity index (χ1n) is 8.45. The number of nitrogens with one attached hydrogen (secondary N) is 1. The second kappa shape index (κ2) is 6.82. The van der Waals surface area contributed by atoms with E-state index in [4.69, 9.17) is 5.11 Å². The first-order valence-corrected chi connectivity index (χ1v) is 9.26. The Morgan fingerprint density at radius 1 is 1.29 bits per heavy atom. The summed E-state index contributed by atoms with van der Waals surface area (Å²) in [6.45, 7) is 8.21. The van der Waals surface area contributed by atoms with Crippen LogP contribution in [-0.2, 0) is 11.3 Å². The zero-order valence-corrected chi connectivity index (χ0v) is 15.1. The van der Waals surface area contributed by atoms with Gasteiger partial charge in [-0.2, -0.15) is 0 Å². The average Bonchev–Trinajstić information content (AvgIpc) is 3.14. The smallest absolute Gasteiger partial charge is 0.345 e. The van der Waals surface area contributed by atoms with Crippen molar-refractivity contribution in [2.24, 2.45) is 0 Å². The molecule has 1 aromatic rings. The molecule has 0 aliphatic carbocycles. The van der Waals surface area contributed by atoms with E-state index in [0.29, 0.717) is 4.88 Å². The van der Waals surface area contributed by atoms with Crippen molar-refractivity contribution in [1.82, 2.24) is 15.1 Å². The van der Waals surface area contributed by atoms with Gasteiger partial charge in [0.15, 0.2) is 0 Å². The lowest BCUT2D eigenvalue weighted by Crippen LogP contribution is -2.54. The van der Waals surface area contributed by atoms with Gasteiger partial charge in [0.25, 0.3) is 0 Å². The van der Waals surface area contributed by atoms with Crippen molar-refractivity contribution in [2.45, 2.75) is 44.8 Å². The predicted molar refractivity (Wildman–Crippen MR) is 93.4 cm³/mol. The minimum Gasteiger partial charge on any atom is -0.477 e. The molecule has 3 rings (SSSR count). The number of piperazine rings is 1. The van der Waals surface area contributed by atoms with Gasteiger partial charge in [0.05, 0.1) is 6.04 Å². The van der Waals surface area contributed by atoms with Crippen molar-refractivity contribution < 1.29 is 14.7 Å². The Morgan fingerprint density at radius 2 is 2.00 bits per heavy atom. The number of rotatable bonds is 4. The lowest BCUT2D eigenvalue weighted by molar-refractivity contribution is -0.135. The third-order valence-electron chi connectivity index (χ3n) is 4.86. The third kappa shape index (κ3) is 3.96. The summed E-state index contributed by atoms with van der Waals surface area (Å²) in [6, 6.07) is 3.51. The van der Waals surface area contributed by atoms with Gasteiger partial charge in [-0.3, -0.25) is 9.69 Å². The molecule has 1 atom stereocenters. The van der Waals surface area contributed by atoms with Crippen molar-refractivity contribution in [2.75, 3.05) is 26.2 Å². The molecule has 2 saturated heterocycles. The Kier molecular flexibility index (Phi) is 4.94. The summed E-state index contributed by atoms with van der Waals surface area (Å²) in [5.74, 6) is -0.641. The maximum absolute atomic E-state index is 12.6. The highest BCUT2D eigenvalue weighted by Gasteiger charge is 2.36. The number of amides is 1. The summed E-state index contributed by atoms with van der Waals surface area (Å²) >= 11 is 1.33. The van der Waals surface area contributed by atoms with E-state index in [1.54, 1.807) is 6.07 Å². The van der Waals surface area contributed by atoms with Gasteiger partial charge in [0, 0.05) is 43.1 Å². The average molecular weight is 351 g/mol. The molecular formula is C17H25N3O3S. The van der Waals surface area contributed by atoms with E-state index < -0.39 is 5.97 Å². The van der Waals surface area contributed by atoms with Gasteiger partial charge in [-0.15, -0.1) is 11.3 Å². The molecular weight excluding hydrogens is 326 g/mol. The molecule has 0 bridgehead atoms. The van der Waals surface area contributed by atoms with Crippen molar-refractivity contribution >= 4 is 23.2 Å². The minimum atomic E-state index is -0.867. The van der Waals surface area contributed by atoms with Crippen LogP contribution in [0, 0.1) is 0 Å². The van der Waals surface area contributed by atoms with Crippen LogP contribution in [-0.4, -0.2) is 64.5 Å². The molecule has 3 heterocycles. The van der Waals surface area contributed by atoms with Crippen LogP contribution < -0.4 is 5.32 Å². The number of thiophene rings is 1. The van der Waals surface area contributed by atoms with Crippen molar-refractivity contribution in [3.63, 3.8) is 0 Å². The first-order chi connectivity index (χ1) is 11.3. The summed E-state index contributed by atoms with van der Waals surface area (Å²) in [6.07, 6.45) is 1.95. The normalized spacial score (nSPS) is 24.2. The molecule has 0 spiro atoms. The van der Waals surface area contributed by atoms with Crippen LogP contribution in [0.3, 0.4) is 0 Å². The first kappa shape index (κ1) is 17.4. The van der Waals surface area contributed by atoms with Crippen molar-refractivity contribution in [3.05, 3.63) is 21.9 Å². The fraction of sp³-hybridized carbons (Fsp3) is 0.647. The number of hydrogen-bond donors (Lipinski definition) is 2. The number of nitrogens with zero attached hydrogens (tertiary/aromatic N) is 2. The highest BCUT2D eigenvalue weighted by atomic mass is 32.1. The molecule has 1 amide bonds. The molecule has 6 nitrogen and oxygen atoms in total. The molecule has 2 aliphatic heterocycles. The quantitative estimate of drug-likeness (QED) is 0.862.